The molecule has 0 unspecified atom stereocenters. The van der Waals surface area contributed by atoms with E-state index in [4.69, 9.17) is 0 Å². The Morgan fingerprint density at radius 2 is 2.33 bits per heavy atom. The second kappa shape index (κ2) is 4.82. The summed E-state index contributed by atoms with van der Waals surface area (Å²) in [5.74, 6) is 0.902. The lowest BCUT2D eigenvalue weighted by molar-refractivity contribution is 0.675. The number of halogens is 1. The molecule has 1 fully saturated rings. The molecule has 0 spiro atoms. The highest BCUT2D eigenvalue weighted by Crippen LogP contribution is 2.22. The van der Waals surface area contributed by atoms with Crippen molar-refractivity contribution in [2.75, 3.05) is 0 Å². The summed E-state index contributed by atoms with van der Waals surface area (Å²) < 4.78 is 2.84. The molecule has 2 heterocycles. The standard InChI is InChI=1S/C13H15BrN4/c1-9-4-5-18(17-9)13-10(6-11(14)8-16-13)7-15-12-2-3-12/h4-6,8,12,15H,2-3,7H2,1H3. The van der Waals surface area contributed by atoms with Crippen LogP contribution in [0.2, 0.25) is 0 Å². The van der Waals surface area contributed by atoms with Crippen molar-refractivity contribution >= 4 is 15.9 Å². The van der Waals surface area contributed by atoms with E-state index < -0.39 is 0 Å². The second-order valence-corrected chi connectivity index (χ2v) is 5.61. The Hall–Kier alpha value is -1.20. The Balaban J connectivity index is 1.91. The lowest BCUT2D eigenvalue weighted by Gasteiger charge is -2.10. The van der Waals surface area contributed by atoms with Crippen LogP contribution in [0.15, 0.2) is 29.0 Å². The fraction of sp³-hybridized carbons (Fsp3) is 0.385. The number of aryl methyl sites for hydroxylation is 1. The quantitative estimate of drug-likeness (QED) is 0.944. The lowest BCUT2D eigenvalue weighted by atomic mass is 10.2. The Kier molecular flexibility index (Phi) is 3.18. The number of rotatable bonds is 4. The number of hydrogen-bond acceptors (Lipinski definition) is 3. The lowest BCUT2D eigenvalue weighted by Crippen LogP contribution is -2.17. The van der Waals surface area contributed by atoms with Gasteiger partial charge in [-0.15, -0.1) is 0 Å². The summed E-state index contributed by atoms with van der Waals surface area (Å²) in [6, 6.07) is 4.78. The van der Waals surface area contributed by atoms with Crippen molar-refractivity contribution in [2.24, 2.45) is 0 Å². The molecule has 0 bridgehead atoms. The van der Waals surface area contributed by atoms with Crippen LogP contribution in [-0.4, -0.2) is 20.8 Å². The predicted molar refractivity (Wildman–Crippen MR) is 73.7 cm³/mol. The van der Waals surface area contributed by atoms with Gasteiger partial charge in [0.15, 0.2) is 5.82 Å². The minimum Gasteiger partial charge on any atom is -0.310 e. The van der Waals surface area contributed by atoms with E-state index in [9.17, 15) is 0 Å². The van der Waals surface area contributed by atoms with Gasteiger partial charge in [-0.25, -0.2) is 9.67 Å². The normalized spacial score (nSPS) is 15.0. The third-order valence-corrected chi connectivity index (χ3v) is 3.44. The van der Waals surface area contributed by atoms with Gasteiger partial charge in [-0.2, -0.15) is 5.10 Å². The first kappa shape index (κ1) is 11.9. The van der Waals surface area contributed by atoms with Crippen molar-refractivity contribution in [3.05, 3.63) is 40.3 Å². The third-order valence-electron chi connectivity index (χ3n) is 3.01. The van der Waals surface area contributed by atoms with Gasteiger partial charge in [0, 0.05) is 35.0 Å². The minimum atomic E-state index is 0.691. The second-order valence-electron chi connectivity index (χ2n) is 4.69. The number of aromatic nitrogens is 3. The van der Waals surface area contributed by atoms with Gasteiger partial charge >= 0.3 is 0 Å². The molecule has 0 aromatic carbocycles. The van der Waals surface area contributed by atoms with Crippen molar-refractivity contribution in [2.45, 2.75) is 32.4 Å². The van der Waals surface area contributed by atoms with Crippen LogP contribution in [0.1, 0.15) is 24.1 Å². The first-order chi connectivity index (χ1) is 8.72. The zero-order valence-electron chi connectivity index (χ0n) is 10.2. The van der Waals surface area contributed by atoms with Crippen LogP contribution in [0.3, 0.4) is 0 Å². The topological polar surface area (TPSA) is 42.7 Å². The van der Waals surface area contributed by atoms with E-state index in [0.717, 1.165) is 22.5 Å². The summed E-state index contributed by atoms with van der Waals surface area (Å²) in [6.45, 7) is 2.82. The van der Waals surface area contributed by atoms with E-state index in [1.54, 1.807) is 0 Å². The van der Waals surface area contributed by atoms with E-state index in [0.29, 0.717) is 6.04 Å². The van der Waals surface area contributed by atoms with Crippen LogP contribution in [0.5, 0.6) is 0 Å². The molecule has 1 saturated carbocycles. The molecule has 0 amide bonds. The maximum atomic E-state index is 4.47. The molecule has 2 aromatic heterocycles. The molecule has 0 radical (unpaired) electrons. The molecule has 1 aliphatic carbocycles. The van der Waals surface area contributed by atoms with Crippen LogP contribution in [0, 0.1) is 6.92 Å². The largest absolute Gasteiger partial charge is 0.310 e. The Morgan fingerprint density at radius 1 is 1.50 bits per heavy atom. The molecular weight excluding hydrogens is 292 g/mol. The summed E-state index contributed by atoms with van der Waals surface area (Å²) in [6.07, 6.45) is 6.34. The summed E-state index contributed by atoms with van der Waals surface area (Å²) >= 11 is 3.48. The monoisotopic (exact) mass is 306 g/mol. The van der Waals surface area contributed by atoms with Gasteiger partial charge in [0.05, 0.1) is 5.69 Å². The fourth-order valence-electron chi connectivity index (χ4n) is 1.89. The SMILES string of the molecule is Cc1ccn(-c2ncc(Br)cc2CNC2CC2)n1. The molecule has 2 aromatic rings. The zero-order chi connectivity index (χ0) is 12.5. The average Bonchev–Trinajstić information content (AvgIpc) is 3.08. The van der Waals surface area contributed by atoms with Crippen LogP contribution >= 0.6 is 15.9 Å². The van der Waals surface area contributed by atoms with Crippen molar-refractivity contribution in [3.8, 4) is 5.82 Å². The highest BCUT2D eigenvalue weighted by Gasteiger charge is 2.21. The molecule has 3 rings (SSSR count). The van der Waals surface area contributed by atoms with Crippen molar-refractivity contribution in [3.63, 3.8) is 0 Å². The molecule has 5 heteroatoms. The summed E-state index contributed by atoms with van der Waals surface area (Å²) in [5.41, 5.74) is 2.17. The summed E-state index contributed by atoms with van der Waals surface area (Å²) in [4.78, 5) is 4.47. The van der Waals surface area contributed by atoms with Crippen LogP contribution in [-0.2, 0) is 6.54 Å². The van der Waals surface area contributed by atoms with Crippen LogP contribution in [0.25, 0.3) is 5.82 Å². The van der Waals surface area contributed by atoms with Crippen LogP contribution in [0.4, 0.5) is 0 Å². The number of nitrogens with one attached hydrogen (secondary N) is 1. The van der Waals surface area contributed by atoms with Crippen molar-refractivity contribution < 1.29 is 0 Å². The van der Waals surface area contributed by atoms with Gasteiger partial charge in [-0.05, 0) is 47.8 Å². The van der Waals surface area contributed by atoms with Gasteiger partial charge < -0.3 is 5.32 Å². The molecular formula is C13H15BrN4. The molecule has 4 nitrogen and oxygen atoms in total. The van der Waals surface area contributed by atoms with Crippen molar-refractivity contribution in [1.82, 2.24) is 20.1 Å². The van der Waals surface area contributed by atoms with E-state index in [-0.39, 0.29) is 0 Å². The van der Waals surface area contributed by atoms with E-state index >= 15 is 0 Å². The van der Waals surface area contributed by atoms with Crippen LogP contribution < -0.4 is 5.32 Å². The van der Waals surface area contributed by atoms with Gasteiger partial charge in [0.2, 0.25) is 0 Å². The third kappa shape index (κ3) is 2.62. The van der Waals surface area contributed by atoms with E-state index in [1.807, 2.05) is 30.1 Å². The molecule has 0 atom stereocenters. The number of hydrogen-bond donors (Lipinski definition) is 1. The maximum Gasteiger partial charge on any atom is 0.157 e. The Labute approximate surface area is 115 Å². The predicted octanol–water partition coefficient (Wildman–Crippen LogP) is 2.59. The Bertz CT molecular complexity index is 560. The molecule has 1 aliphatic rings. The highest BCUT2D eigenvalue weighted by atomic mass is 79.9. The van der Waals surface area contributed by atoms with Gasteiger partial charge in [0.1, 0.15) is 0 Å². The zero-order valence-corrected chi connectivity index (χ0v) is 11.8. The molecule has 94 valence electrons. The van der Waals surface area contributed by atoms with E-state index in [1.165, 1.54) is 18.4 Å². The average molecular weight is 307 g/mol. The highest BCUT2D eigenvalue weighted by molar-refractivity contribution is 9.10. The number of pyridine rings is 1. The van der Waals surface area contributed by atoms with Gasteiger partial charge in [0.25, 0.3) is 0 Å². The summed E-state index contributed by atoms with van der Waals surface area (Å²) in [5, 5.41) is 7.94. The smallest absolute Gasteiger partial charge is 0.157 e. The summed E-state index contributed by atoms with van der Waals surface area (Å²) in [7, 11) is 0. The minimum absolute atomic E-state index is 0.691. The van der Waals surface area contributed by atoms with Gasteiger partial charge in [-0.1, -0.05) is 0 Å². The molecule has 0 saturated heterocycles. The fourth-order valence-corrected chi connectivity index (χ4v) is 2.26. The number of nitrogens with zero attached hydrogens (tertiary/aromatic N) is 3. The molecule has 18 heavy (non-hydrogen) atoms. The molecule has 0 aliphatic heterocycles. The Morgan fingerprint density at radius 3 is 3.00 bits per heavy atom. The van der Waals surface area contributed by atoms with Crippen molar-refractivity contribution in [1.29, 1.82) is 0 Å². The first-order valence-electron chi connectivity index (χ1n) is 6.13. The van der Waals surface area contributed by atoms with Gasteiger partial charge in [-0.3, -0.25) is 0 Å². The van der Waals surface area contributed by atoms with E-state index in [2.05, 4.69) is 37.4 Å². The maximum absolute atomic E-state index is 4.47. The molecule has 1 N–H and O–H groups in total. The first-order valence-corrected chi connectivity index (χ1v) is 6.92.